The van der Waals surface area contributed by atoms with Crippen molar-refractivity contribution in [3.8, 4) is 0 Å². The number of hydrogen-bond acceptors (Lipinski definition) is 5. The number of thioether (sulfide) groups is 1. The van der Waals surface area contributed by atoms with Crippen LogP contribution >= 0.6 is 11.8 Å². The first-order valence-electron chi connectivity index (χ1n) is 5.02. The second kappa shape index (κ2) is 5.86. The first kappa shape index (κ1) is 13.0. The molecule has 0 bridgehead atoms. The quantitative estimate of drug-likeness (QED) is 0.724. The van der Waals surface area contributed by atoms with Crippen molar-refractivity contribution in [3.63, 3.8) is 0 Å². The first-order chi connectivity index (χ1) is 7.56. The molecule has 1 rings (SSSR count). The smallest absolute Gasteiger partial charge is 0.313 e. The Morgan fingerprint density at radius 1 is 1.56 bits per heavy atom. The van der Waals surface area contributed by atoms with Crippen LogP contribution in [-0.4, -0.2) is 36.7 Å². The summed E-state index contributed by atoms with van der Waals surface area (Å²) in [5, 5.41) is 26.3. The minimum atomic E-state index is -0.894. The lowest BCUT2D eigenvalue weighted by atomic mass is 10.3. The van der Waals surface area contributed by atoms with Crippen LogP contribution in [0.3, 0.4) is 0 Å². The van der Waals surface area contributed by atoms with Gasteiger partial charge in [-0.05, 0) is 13.3 Å². The maximum Gasteiger partial charge on any atom is 0.313 e. The van der Waals surface area contributed by atoms with E-state index in [1.807, 2.05) is 6.92 Å². The number of aliphatic hydroxyl groups excluding tert-OH is 1. The highest BCUT2D eigenvalue weighted by Gasteiger charge is 2.16. The third-order valence-corrected chi connectivity index (χ3v) is 2.84. The highest BCUT2D eigenvalue weighted by atomic mass is 32.2. The van der Waals surface area contributed by atoms with Crippen molar-refractivity contribution < 1.29 is 15.0 Å². The molecule has 6 nitrogen and oxygen atoms in total. The molecule has 1 aromatic heterocycles. The van der Waals surface area contributed by atoms with E-state index in [1.165, 1.54) is 0 Å². The summed E-state index contributed by atoms with van der Waals surface area (Å²) >= 11 is 1.11. The minimum absolute atomic E-state index is 0.0539. The number of nitrogens with zero attached hydrogens (tertiary/aromatic N) is 3. The van der Waals surface area contributed by atoms with Gasteiger partial charge in [-0.2, -0.15) is 0 Å². The van der Waals surface area contributed by atoms with E-state index in [4.69, 9.17) is 5.11 Å². The molecule has 0 saturated carbocycles. The van der Waals surface area contributed by atoms with Gasteiger partial charge < -0.3 is 14.8 Å². The Morgan fingerprint density at radius 2 is 2.25 bits per heavy atom. The van der Waals surface area contributed by atoms with Gasteiger partial charge in [-0.15, -0.1) is 10.2 Å². The zero-order chi connectivity index (χ0) is 12.1. The number of carbonyl (C=O) groups is 1. The van der Waals surface area contributed by atoms with E-state index in [0.717, 1.165) is 18.2 Å². The number of carboxylic acids is 1. The molecular formula is C9H15N3O3S. The predicted octanol–water partition coefficient (Wildman–Crippen LogP) is 0.918. The fourth-order valence-electron chi connectivity index (χ4n) is 1.28. The van der Waals surface area contributed by atoms with Crippen molar-refractivity contribution in [3.05, 3.63) is 5.82 Å². The minimum Gasteiger partial charge on any atom is -0.481 e. The van der Waals surface area contributed by atoms with E-state index in [9.17, 15) is 9.90 Å². The molecule has 90 valence electrons. The lowest BCUT2D eigenvalue weighted by Gasteiger charge is -2.09. The summed E-state index contributed by atoms with van der Waals surface area (Å²) in [6.07, 6.45) is 0.177. The maximum atomic E-state index is 10.5. The van der Waals surface area contributed by atoms with Crippen LogP contribution in [0, 0.1) is 0 Å². The summed E-state index contributed by atoms with van der Waals surface area (Å²) in [5.74, 6) is -0.467. The molecule has 0 saturated heterocycles. The Labute approximate surface area is 97.7 Å². The average Bonchev–Trinajstić information content (AvgIpc) is 2.59. The van der Waals surface area contributed by atoms with Crippen LogP contribution in [0.4, 0.5) is 0 Å². The molecule has 0 aliphatic heterocycles. The third kappa shape index (κ3) is 3.21. The van der Waals surface area contributed by atoms with Gasteiger partial charge in [-0.1, -0.05) is 18.7 Å². The van der Waals surface area contributed by atoms with Gasteiger partial charge in [0.15, 0.2) is 11.0 Å². The maximum absolute atomic E-state index is 10.5. The van der Waals surface area contributed by atoms with Gasteiger partial charge in [0.2, 0.25) is 0 Å². The summed E-state index contributed by atoms with van der Waals surface area (Å²) in [4.78, 5) is 10.5. The fourth-order valence-corrected chi connectivity index (χ4v) is 1.97. The number of carboxylic acid groups (broad SMARTS) is 1. The number of aliphatic hydroxyl groups is 1. The average molecular weight is 245 g/mol. The number of aliphatic carboxylic acids is 1. The van der Waals surface area contributed by atoms with Crippen LogP contribution in [0.2, 0.25) is 0 Å². The first-order valence-corrected chi connectivity index (χ1v) is 6.00. The largest absolute Gasteiger partial charge is 0.481 e. The molecule has 1 unspecified atom stereocenters. The highest BCUT2D eigenvalue weighted by molar-refractivity contribution is 7.99. The standard InChI is InChI=1S/C9H15N3O3S/c1-3-4-12-8(6(2)13)10-11-9(12)16-5-7(14)15/h6,13H,3-5H2,1-2H3,(H,14,15). The number of hydrogen-bond donors (Lipinski definition) is 2. The van der Waals surface area contributed by atoms with Crippen molar-refractivity contribution in [1.29, 1.82) is 0 Å². The van der Waals surface area contributed by atoms with E-state index in [0.29, 0.717) is 17.5 Å². The van der Waals surface area contributed by atoms with Crippen molar-refractivity contribution in [2.24, 2.45) is 0 Å². The summed E-state index contributed by atoms with van der Waals surface area (Å²) in [5.41, 5.74) is 0. The van der Waals surface area contributed by atoms with Crippen LogP contribution in [0.1, 0.15) is 32.2 Å². The fraction of sp³-hybridized carbons (Fsp3) is 0.667. The Balaban J connectivity index is 2.86. The van der Waals surface area contributed by atoms with Gasteiger partial charge >= 0.3 is 5.97 Å². The Kier molecular flexibility index (Phi) is 4.75. The van der Waals surface area contributed by atoms with Crippen LogP contribution in [0.5, 0.6) is 0 Å². The molecule has 0 amide bonds. The predicted molar refractivity (Wildman–Crippen MR) is 59.3 cm³/mol. The van der Waals surface area contributed by atoms with Gasteiger partial charge in [0.05, 0.1) is 5.75 Å². The van der Waals surface area contributed by atoms with E-state index in [-0.39, 0.29) is 5.75 Å². The highest BCUT2D eigenvalue weighted by Crippen LogP contribution is 2.20. The summed E-state index contributed by atoms with van der Waals surface area (Å²) in [6.45, 7) is 4.29. The molecule has 0 radical (unpaired) electrons. The molecule has 16 heavy (non-hydrogen) atoms. The Morgan fingerprint density at radius 3 is 2.75 bits per heavy atom. The lowest BCUT2D eigenvalue weighted by Crippen LogP contribution is -2.08. The molecule has 2 N–H and O–H groups in total. The molecule has 7 heteroatoms. The molecule has 0 spiro atoms. The molecule has 0 aliphatic carbocycles. The normalized spacial score (nSPS) is 12.7. The van der Waals surface area contributed by atoms with Crippen molar-refractivity contribution in [2.75, 3.05) is 5.75 Å². The van der Waals surface area contributed by atoms with E-state index >= 15 is 0 Å². The van der Waals surface area contributed by atoms with Gasteiger partial charge in [0, 0.05) is 6.54 Å². The van der Waals surface area contributed by atoms with Gasteiger partial charge in [-0.3, -0.25) is 4.79 Å². The van der Waals surface area contributed by atoms with Gasteiger partial charge in [0.1, 0.15) is 6.10 Å². The van der Waals surface area contributed by atoms with E-state index < -0.39 is 12.1 Å². The molecular weight excluding hydrogens is 230 g/mol. The zero-order valence-corrected chi connectivity index (χ0v) is 10.1. The van der Waals surface area contributed by atoms with Crippen LogP contribution < -0.4 is 0 Å². The van der Waals surface area contributed by atoms with Crippen molar-refractivity contribution in [1.82, 2.24) is 14.8 Å². The van der Waals surface area contributed by atoms with E-state index in [2.05, 4.69) is 10.2 Å². The molecule has 0 aromatic carbocycles. The van der Waals surface area contributed by atoms with E-state index in [1.54, 1.807) is 11.5 Å². The SMILES string of the molecule is CCCn1c(SCC(=O)O)nnc1C(C)O. The second-order valence-corrected chi connectivity index (χ2v) is 4.29. The Bertz CT molecular complexity index is 365. The monoisotopic (exact) mass is 245 g/mol. The Hall–Kier alpha value is -1.08. The lowest BCUT2D eigenvalue weighted by molar-refractivity contribution is -0.133. The number of aromatic nitrogens is 3. The second-order valence-electron chi connectivity index (χ2n) is 3.35. The molecule has 0 fully saturated rings. The molecule has 1 atom stereocenters. The van der Waals surface area contributed by atoms with Crippen LogP contribution in [0.25, 0.3) is 0 Å². The number of rotatable bonds is 6. The zero-order valence-electron chi connectivity index (χ0n) is 9.25. The third-order valence-electron chi connectivity index (χ3n) is 1.89. The molecule has 0 aliphatic rings. The summed E-state index contributed by atoms with van der Waals surface area (Å²) in [7, 11) is 0. The summed E-state index contributed by atoms with van der Waals surface area (Å²) in [6, 6.07) is 0. The van der Waals surface area contributed by atoms with Gasteiger partial charge in [-0.25, -0.2) is 0 Å². The van der Waals surface area contributed by atoms with Crippen molar-refractivity contribution >= 4 is 17.7 Å². The van der Waals surface area contributed by atoms with Crippen LogP contribution in [-0.2, 0) is 11.3 Å². The molecule has 1 heterocycles. The van der Waals surface area contributed by atoms with Crippen molar-refractivity contribution in [2.45, 2.75) is 38.1 Å². The summed E-state index contributed by atoms with van der Waals surface area (Å²) < 4.78 is 1.76. The van der Waals surface area contributed by atoms with Gasteiger partial charge in [0.25, 0.3) is 0 Å². The molecule has 1 aromatic rings. The van der Waals surface area contributed by atoms with Crippen LogP contribution in [0.15, 0.2) is 5.16 Å². The topological polar surface area (TPSA) is 88.2 Å².